The first-order valence-electron chi connectivity index (χ1n) is 2.05. The lowest BCUT2D eigenvalue weighted by Crippen LogP contribution is -1.71. The monoisotopic (exact) mass is 147 g/mol. The first-order valence-corrected chi connectivity index (χ1v) is 3.98. The molecule has 2 nitrogen and oxygen atoms in total. The van der Waals surface area contributed by atoms with Crippen molar-refractivity contribution in [2.24, 2.45) is 0 Å². The Balaban J connectivity index is 2.50. The Kier molecular flexibility index (Phi) is 2.32. The van der Waals surface area contributed by atoms with E-state index in [0.29, 0.717) is 0 Å². The Hall–Kier alpha value is -0.0600. The van der Waals surface area contributed by atoms with Crippen LogP contribution in [0.25, 0.3) is 0 Å². The zero-order valence-electron chi connectivity index (χ0n) is 4.07. The zero-order chi connectivity index (χ0) is 5.82. The number of hydrogen-bond donors (Lipinski definition) is 1. The molecule has 1 rings (SSSR count). The molecule has 0 fully saturated rings. The molecule has 8 heavy (non-hydrogen) atoms. The average Bonchev–Trinajstić information content (AvgIpc) is 2.19. The maximum absolute atomic E-state index is 8.37. The molecule has 0 atom stereocenters. The van der Waals surface area contributed by atoms with Crippen molar-refractivity contribution in [2.45, 2.75) is 5.03 Å². The minimum absolute atomic E-state index is 0.115. The van der Waals surface area contributed by atoms with Gasteiger partial charge in [-0.1, -0.05) is 11.8 Å². The van der Waals surface area contributed by atoms with Crippen LogP contribution in [-0.4, -0.2) is 16.0 Å². The molecule has 44 valence electrons. The van der Waals surface area contributed by atoms with E-state index in [9.17, 15) is 0 Å². The highest BCUT2D eigenvalue weighted by Crippen LogP contribution is 2.14. The molecule has 0 aromatic carbocycles. The predicted octanol–water partition coefficient (Wildman–Crippen LogP) is 1.18. The summed E-state index contributed by atoms with van der Waals surface area (Å²) in [6, 6.07) is 0. The van der Waals surface area contributed by atoms with Gasteiger partial charge in [0, 0.05) is 5.38 Å². The van der Waals surface area contributed by atoms with E-state index < -0.39 is 0 Å². The summed E-state index contributed by atoms with van der Waals surface area (Å²) >= 11 is 2.87. The van der Waals surface area contributed by atoms with Gasteiger partial charge in [-0.2, -0.15) is 0 Å². The van der Waals surface area contributed by atoms with Crippen molar-refractivity contribution in [3.63, 3.8) is 0 Å². The summed E-state index contributed by atoms with van der Waals surface area (Å²) in [5.41, 5.74) is 1.75. The minimum atomic E-state index is 0.115. The molecule has 0 amide bonds. The molecule has 0 unspecified atom stereocenters. The van der Waals surface area contributed by atoms with Crippen LogP contribution in [0.4, 0.5) is 0 Å². The molecular formula is C4H5NOS2. The fourth-order valence-corrected chi connectivity index (χ4v) is 1.52. The molecular weight excluding hydrogens is 142 g/mol. The Morgan fingerprint density at radius 1 is 1.88 bits per heavy atom. The summed E-state index contributed by atoms with van der Waals surface area (Å²) in [6.45, 7) is 0. The molecule has 1 aromatic heterocycles. The molecule has 1 N–H and O–H groups in total. The molecule has 0 aliphatic rings. The van der Waals surface area contributed by atoms with Gasteiger partial charge in [0.15, 0.2) is 0 Å². The van der Waals surface area contributed by atoms with Crippen molar-refractivity contribution < 1.29 is 5.11 Å². The average molecular weight is 147 g/mol. The number of thioether (sulfide) groups is 1. The van der Waals surface area contributed by atoms with Crippen molar-refractivity contribution in [3.05, 3.63) is 10.9 Å². The van der Waals surface area contributed by atoms with E-state index in [4.69, 9.17) is 5.11 Å². The molecule has 0 saturated carbocycles. The van der Waals surface area contributed by atoms with E-state index in [1.165, 1.54) is 23.1 Å². The highest BCUT2D eigenvalue weighted by atomic mass is 32.2. The third-order valence-electron chi connectivity index (χ3n) is 0.622. The van der Waals surface area contributed by atoms with Gasteiger partial charge in [0.1, 0.15) is 5.03 Å². The number of aromatic nitrogens is 1. The van der Waals surface area contributed by atoms with Gasteiger partial charge in [-0.3, -0.25) is 0 Å². The first kappa shape index (κ1) is 6.07. The van der Waals surface area contributed by atoms with E-state index in [2.05, 4.69) is 4.98 Å². The van der Waals surface area contributed by atoms with Crippen LogP contribution in [0.5, 0.6) is 0 Å². The third-order valence-corrected chi connectivity index (χ3v) is 2.01. The fraction of sp³-hybridized carbons (Fsp3) is 0.250. The molecule has 0 aliphatic carbocycles. The molecule has 1 aromatic rings. The van der Waals surface area contributed by atoms with Gasteiger partial charge in [0.25, 0.3) is 0 Å². The van der Waals surface area contributed by atoms with Crippen molar-refractivity contribution in [2.75, 3.05) is 5.94 Å². The quantitative estimate of drug-likeness (QED) is 0.504. The summed E-state index contributed by atoms with van der Waals surface area (Å²) in [5, 5.41) is 11.2. The predicted molar refractivity (Wildman–Crippen MR) is 35.1 cm³/mol. The van der Waals surface area contributed by atoms with Crippen LogP contribution < -0.4 is 0 Å². The van der Waals surface area contributed by atoms with Gasteiger partial charge >= 0.3 is 0 Å². The summed E-state index contributed by atoms with van der Waals surface area (Å²) in [4.78, 5) is 3.93. The van der Waals surface area contributed by atoms with Gasteiger partial charge in [-0.05, 0) is 0 Å². The highest BCUT2D eigenvalue weighted by molar-refractivity contribution is 7.99. The molecule has 0 bridgehead atoms. The Bertz CT molecular complexity index is 140. The minimum Gasteiger partial charge on any atom is -0.385 e. The summed E-state index contributed by atoms with van der Waals surface area (Å²) in [7, 11) is 0. The molecule has 0 spiro atoms. The Labute approximate surface area is 55.6 Å². The van der Waals surface area contributed by atoms with Crippen molar-refractivity contribution in [3.8, 4) is 0 Å². The zero-order valence-corrected chi connectivity index (χ0v) is 5.71. The third kappa shape index (κ3) is 1.47. The normalized spacial score (nSPS) is 9.62. The number of thiazole rings is 1. The number of aliphatic hydroxyl groups is 1. The Morgan fingerprint density at radius 2 is 2.75 bits per heavy atom. The van der Waals surface area contributed by atoms with E-state index >= 15 is 0 Å². The molecule has 0 aliphatic heterocycles. The summed E-state index contributed by atoms with van der Waals surface area (Å²) in [6.07, 6.45) is 0. The largest absolute Gasteiger partial charge is 0.385 e. The topological polar surface area (TPSA) is 33.1 Å². The fourth-order valence-electron chi connectivity index (χ4n) is 0.339. The maximum atomic E-state index is 8.37. The van der Waals surface area contributed by atoms with Crippen molar-refractivity contribution in [1.82, 2.24) is 4.98 Å². The summed E-state index contributed by atoms with van der Waals surface area (Å²) < 4.78 is 0. The van der Waals surface area contributed by atoms with Gasteiger partial charge < -0.3 is 5.11 Å². The lowest BCUT2D eigenvalue weighted by molar-refractivity contribution is 0.375. The second kappa shape index (κ2) is 3.06. The summed E-state index contributed by atoms with van der Waals surface area (Å²) in [5.74, 6) is 0.115. The van der Waals surface area contributed by atoms with Crippen LogP contribution in [-0.2, 0) is 0 Å². The molecule has 1 heterocycles. The van der Waals surface area contributed by atoms with Gasteiger partial charge in [0.05, 0.1) is 11.4 Å². The Morgan fingerprint density at radius 3 is 3.25 bits per heavy atom. The maximum Gasteiger partial charge on any atom is 0.109 e. The molecule has 0 saturated heterocycles. The first-order chi connectivity index (χ1) is 3.93. The van der Waals surface area contributed by atoms with Gasteiger partial charge in [-0.25, -0.2) is 4.98 Å². The highest BCUT2D eigenvalue weighted by Gasteiger charge is 1.89. The second-order valence-corrected chi connectivity index (χ2v) is 2.78. The molecule has 4 heteroatoms. The number of aliphatic hydroxyl groups excluding tert-OH is 1. The van der Waals surface area contributed by atoms with E-state index in [1.807, 2.05) is 5.38 Å². The van der Waals surface area contributed by atoms with E-state index in [0.717, 1.165) is 5.03 Å². The lowest BCUT2D eigenvalue weighted by atomic mass is 11.0. The van der Waals surface area contributed by atoms with Crippen LogP contribution >= 0.6 is 23.1 Å². The number of nitrogens with zero attached hydrogens (tertiary/aromatic N) is 1. The van der Waals surface area contributed by atoms with Gasteiger partial charge in [0.2, 0.25) is 0 Å². The second-order valence-electron chi connectivity index (χ2n) is 1.10. The van der Waals surface area contributed by atoms with Crippen LogP contribution in [0.1, 0.15) is 0 Å². The van der Waals surface area contributed by atoms with E-state index in [1.54, 1.807) is 5.51 Å². The van der Waals surface area contributed by atoms with Crippen molar-refractivity contribution >= 4 is 23.1 Å². The molecule has 0 radical (unpaired) electrons. The van der Waals surface area contributed by atoms with Crippen LogP contribution in [0.2, 0.25) is 0 Å². The van der Waals surface area contributed by atoms with Crippen LogP contribution in [0.15, 0.2) is 15.9 Å². The van der Waals surface area contributed by atoms with Crippen molar-refractivity contribution in [1.29, 1.82) is 0 Å². The van der Waals surface area contributed by atoms with Crippen LogP contribution in [0.3, 0.4) is 0 Å². The standard InChI is InChI=1S/C4H5NOS2/c6-3-8-4-1-7-2-5-4/h1-2,6H,3H2. The SMILES string of the molecule is OCSc1cscn1. The van der Waals surface area contributed by atoms with Gasteiger partial charge in [-0.15, -0.1) is 11.3 Å². The van der Waals surface area contributed by atoms with Crippen LogP contribution in [0, 0.1) is 0 Å². The lowest BCUT2D eigenvalue weighted by Gasteiger charge is -1.84. The van der Waals surface area contributed by atoms with E-state index in [-0.39, 0.29) is 5.94 Å². The number of hydrogen-bond acceptors (Lipinski definition) is 4. The smallest absolute Gasteiger partial charge is 0.109 e. The number of rotatable bonds is 2.